The molecule has 0 fully saturated rings. The molecule has 0 saturated heterocycles. The number of aliphatic hydroxyl groups excluding tert-OH is 1. The number of halogens is 1. The number of hydrogen-bond donors (Lipinski definition) is 1. The van der Waals surface area contributed by atoms with Crippen LogP contribution in [0.5, 0.6) is 11.5 Å². The van der Waals surface area contributed by atoms with Crippen molar-refractivity contribution in [1.29, 1.82) is 0 Å². The van der Waals surface area contributed by atoms with E-state index in [0.29, 0.717) is 22.6 Å². The summed E-state index contributed by atoms with van der Waals surface area (Å²) in [6.45, 7) is 0.962. The van der Waals surface area contributed by atoms with Crippen molar-refractivity contribution in [3.63, 3.8) is 0 Å². The first-order valence-electron chi connectivity index (χ1n) is 4.62. The van der Waals surface area contributed by atoms with E-state index in [1.165, 1.54) is 14.2 Å². The van der Waals surface area contributed by atoms with Crippen LogP contribution in [0.1, 0.15) is 24.2 Å². The molecule has 0 spiro atoms. The molecular weight excluding hydrogens is 199 g/mol. The SMILES string of the molecule is COc1cc(C(C)O)cc(CF)c1OC. The number of methoxy groups -OCH3 is 2. The zero-order valence-electron chi connectivity index (χ0n) is 9.08. The second-order valence-corrected chi connectivity index (χ2v) is 3.23. The van der Waals surface area contributed by atoms with Gasteiger partial charge >= 0.3 is 0 Å². The van der Waals surface area contributed by atoms with Crippen LogP contribution >= 0.6 is 0 Å². The van der Waals surface area contributed by atoms with Gasteiger partial charge in [-0.15, -0.1) is 0 Å². The van der Waals surface area contributed by atoms with E-state index < -0.39 is 12.8 Å². The van der Waals surface area contributed by atoms with Crippen LogP contribution in [0.25, 0.3) is 0 Å². The number of alkyl halides is 1. The first-order chi connectivity index (χ1) is 7.13. The van der Waals surface area contributed by atoms with Crippen molar-refractivity contribution < 1.29 is 19.0 Å². The number of hydrogen-bond acceptors (Lipinski definition) is 3. The summed E-state index contributed by atoms with van der Waals surface area (Å²) in [5.74, 6) is 0.813. The van der Waals surface area contributed by atoms with Crippen LogP contribution in [0.15, 0.2) is 12.1 Å². The molecule has 1 unspecified atom stereocenters. The normalized spacial score (nSPS) is 12.3. The van der Waals surface area contributed by atoms with Crippen molar-refractivity contribution >= 4 is 0 Å². The summed E-state index contributed by atoms with van der Waals surface area (Å²) < 4.78 is 22.8. The van der Waals surface area contributed by atoms with Crippen LogP contribution < -0.4 is 9.47 Å². The van der Waals surface area contributed by atoms with Gasteiger partial charge in [0, 0.05) is 5.56 Å². The third kappa shape index (κ3) is 2.39. The molecule has 1 aromatic carbocycles. The Labute approximate surface area is 88.4 Å². The van der Waals surface area contributed by atoms with Crippen LogP contribution in [0.2, 0.25) is 0 Å². The lowest BCUT2D eigenvalue weighted by Crippen LogP contribution is -1.99. The van der Waals surface area contributed by atoms with Gasteiger partial charge in [-0.3, -0.25) is 0 Å². The highest BCUT2D eigenvalue weighted by atomic mass is 19.1. The quantitative estimate of drug-likeness (QED) is 0.835. The van der Waals surface area contributed by atoms with E-state index in [2.05, 4.69) is 0 Å². The Bertz CT molecular complexity index is 312. The van der Waals surface area contributed by atoms with E-state index in [-0.39, 0.29) is 0 Å². The summed E-state index contributed by atoms with van der Waals surface area (Å²) in [4.78, 5) is 0. The van der Waals surface area contributed by atoms with Gasteiger partial charge in [0.2, 0.25) is 0 Å². The lowest BCUT2D eigenvalue weighted by molar-refractivity contribution is 0.198. The molecule has 1 atom stereocenters. The molecule has 0 aliphatic carbocycles. The van der Waals surface area contributed by atoms with Crippen molar-refractivity contribution in [3.8, 4) is 11.5 Å². The smallest absolute Gasteiger partial charge is 0.166 e. The Kier molecular flexibility index (Phi) is 3.91. The fraction of sp³-hybridized carbons (Fsp3) is 0.455. The van der Waals surface area contributed by atoms with Crippen molar-refractivity contribution in [1.82, 2.24) is 0 Å². The average molecular weight is 214 g/mol. The number of benzene rings is 1. The van der Waals surface area contributed by atoms with Crippen LogP contribution in [-0.4, -0.2) is 19.3 Å². The Morgan fingerprint density at radius 1 is 1.33 bits per heavy atom. The van der Waals surface area contributed by atoms with Gasteiger partial charge in [0.1, 0.15) is 6.67 Å². The number of aliphatic hydroxyl groups is 1. The molecule has 0 bridgehead atoms. The fourth-order valence-corrected chi connectivity index (χ4v) is 1.41. The third-order valence-electron chi connectivity index (χ3n) is 2.20. The van der Waals surface area contributed by atoms with E-state index in [4.69, 9.17) is 9.47 Å². The highest BCUT2D eigenvalue weighted by Gasteiger charge is 2.14. The summed E-state index contributed by atoms with van der Waals surface area (Å²) in [7, 11) is 2.94. The summed E-state index contributed by atoms with van der Waals surface area (Å²) in [6.07, 6.45) is -0.657. The maximum absolute atomic E-state index is 12.7. The largest absolute Gasteiger partial charge is 0.493 e. The van der Waals surface area contributed by atoms with Gasteiger partial charge in [0.25, 0.3) is 0 Å². The molecule has 0 aliphatic heterocycles. The highest BCUT2D eigenvalue weighted by molar-refractivity contribution is 5.49. The maximum atomic E-state index is 12.7. The first-order valence-corrected chi connectivity index (χ1v) is 4.62. The van der Waals surface area contributed by atoms with Gasteiger partial charge in [-0.25, -0.2) is 4.39 Å². The Morgan fingerprint density at radius 2 is 2.00 bits per heavy atom. The first kappa shape index (κ1) is 11.8. The molecule has 0 saturated carbocycles. The summed E-state index contributed by atoms with van der Waals surface area (Å²) >= 11 is 0. The monoisotopic (exact) mass is 214 g/mol. The minimum Gasteiger partial charge on any atom is -0.493 e. The van der Waals surface area contributed by atoms with Crippen molar-refractivity contribution in [2.75, 3.05) is 14.2 Å². The molecule has 1 rings (SSSR count). The van der Waals surface area contributed by atoms with E-state index in [9.17, 15) is 9.50 Å². The molecular formula is C11H15FO3. The fourth-order valence-electron chi connectivity index (χ4n) is 1.41. The van der Waals surface area contributed by atoms with Crippen LogP contribution in [-0.2, 0) is 6.67 Å². The van der Waals surface area contributed by atoms with Gasteiger partial charge in [-0.1, -0.05) is 0 Å². The molecule has 0 aromatic heterocycles. The van der Waals surface area contributed by atoms with Gasteiger partial charge in [0.05, 0.1) is 20.3 Å². The Morgan fingerprint density at radius 3 is 2.40 bits per heavy atom. The molecule has 3 nitrogen and oxygen atoms in total. The minimum absolute atomic E-state index is 0.379. The molecule has 0 radical (unpaired) electrons. The van der Waals surface area contributed by atoms with Gasteiger partial charge in [-0.05, 0) is 24.6 Å². The molecule has 0 aliphatic rings. The van der Waals surface area contributed by atoms with Crippen molar-refractivity contribution in [2.45, 2.75) is 19.7 Å². The average Bonchev–Trinajstić information content (AvgIpc) is 2.26. The van der Waals surface area contributed by atoms with Gasteiger partial charge in [-0.2, -0.15) is 0 Å². The maximum Gasteiger partial charge on any atom is 0.166 e. The number of rotatable bonds is 4. The Hall–Kier alpha value is -1.29. The Balaban J connectivity index is 3.29. The third-order valence-corrected chi connectivity index (χ3v) is 2.20. The van der Waals surface area contributed by atoms with E-state index >= 15 is 0 Å². The molecule has 0 amide bonds. The molecule has 1 N–H and O–H groups in total. The topological polar surface area (TPSA) is 38.7 Å². The van der Waals surface area contributed by atoms with E-state index in [0.717, 1.165) is 0 Å². The number of ether oxygens (including phenoxy) is 2. The highest BCUT2D eigenvalue weighted by Crippen LogP contribution is 2.34. The lowest BCUT2D eigenvalue weighted by Gasteiger charge is -2.14. The minimum atomic E-state index is -0.657. The zero-order chi connectivity index (χ0) is 11.4. The predicted octanol–water partition coefficient (Wildman–Crippen LogP) is 2.23. The van der Waals surface area contributed by atoms with Crippen molar-refractivity contribution in [2.24, 2.45) is 0 Å². The van der Waals surface area contributed by atoms with E-state index in [1.807, 2.05) is 0 Å². The summed E-state index contributed by atoms with van der Waals surface area (Å²) in [5.41, 5.74) is 0.994. The van der Waals surface area contributed by atoms with Crippen molar-refractivity contribution in [3.05, 3.63) is 23.3 Å². The van der Waals surface area contributed by atoms with E-state index in [1.54, 1.807) is 19.1 Å². The van der Waals surface area contributed by atoms with Crippen LogP contribution in [0, 0.1) is 0 Å². The molecule has 84 valence electrons. The lowest BCUT2D eigenvalue weighted by atomic mass is 10.1. The van der Waals surface area contributed by atoms with Gasteiger partial charge < -0.3 is 14.6 Å². The second kappa shape index (κ2) is 4.98. The molecule has 0 heterocycles. The standard InChI is InChI=1S/C11H15FO3/c1-7(13)8-4-9(6-12)11(15-3)10(5-8)14-2/h4-5,7,13H,6H2,1-3H3. The second-order valence-electron chi connectivity index (χ2n) is 3.23. The molecule has 1 aromatic rings. The summed E-state index contributed by atoms with van der Waals surface area (Å²) in [5, 5.41) is 9.41. The zero-order valence-corrected chi connectivity index (χ0v) is 9.08. The molecule has 15 heavy (non-hydrogen) atoms. The van der Waals surface area contributed by atoms with Crippen LogP contribution in [0.4, 0.5) is 4.39 Å². The molecule has 4 heteroatoms. The predicted molar refractivity (Wildman–Crippen MR) is 55.0 cm³/mol. The van der Waals surface area contributed by atoms with Gasteiger partial charge in [0.15, 0.2) is 11.5 Å². The van der Waals surface area contributed by atoms with Crippen LogP contribution in [0.3, 0.4) is 0 Å². The summed E-state index contributed by atoms with van der Waals surface area (Å²) in [6, 6.07) is 3.22.